The van der Waals surface area contributed by atoms with Crippen LogP contribution < -0.4 is 16.0 Å². The van der Waals surface area contributed by atoms with Crippen molar-refractivity contribution < 1.29 is 14.3 Å². The van der Waals surface area contributed by atoms with Crippen LogP contribution in [-0.4, -0.2) is 24.6 Å². The van der Waals surface area contributed by atoms with E-state index in [2.05, 4.69) is 16.0 Å². The summed E-state index contributed by atoms with van der Waals surface area (Å²) in [6.45, 7) is 1.55. The van der Waals surface area contributed by atoms with Crippen molar-refractivity contribution in [2.45, 2.75) is 32.0 Å². The highest BCUT2D eigenvalue weighted by molar-refractivity contribution is 7.09. The Kier molecular flexibility index (Phi) is 6.03. The quantitative estimate of drug-likeness (QED) is 0.742. The molecule has 0 spiro atoms. The van der Waals surface area contributed by atoms with Crippen LogP contribution in [0.1, 0.15) is 23.3 Å². The molecule has 1 aliphatic heterocycles. The Morgan fingerprint density at radius 2 is 2.04 bits per heavy atom. The highest BCUT2D eigenvalue weighted by atomic mass is 32.1. The van der Waals surface area contributed by atoms with Gasteiger partial charge in [0.05, 0.1) is 6.54 Å². The first-order chi connectivity index (χ1) is 12.2. The fourth-order valence-corrected chi connectivity index (χ4v) is 3.24. The molecule has 1 aromatic carbocycles. The van der Waals surface area contributed by atoms with Crippen molar-refractivity contribution in [3.8, 4) is 0 Å². The molecule has 2 aromatic rings. The van der Waals surface area contributed by atoms with E-state index in [-0.39, 0.29) is 18.0 Å². The van der Waals surface area contributed by atoms with Crippen LogP contribution in [0.15, 0.2) is 41.8 Å². The van der Waals surface area contributed by atoms with Gasteiger partial charge < -0.3 is 20.7 Å². The number of anilines is 1. The lowest BCUT2D eigenvalue weighted by atomic mass is 10.2. The van der Waals surface area contributed by atoms with Gasteiger partial charge in [-0.3, -0.25) is 4.79 Å². The Balaban J connectivity index is 1.46. The molecule has 0 radical (unpaired) electrons. The molecular weight excluding hydrogens is 338 g/mol. The molecule has 1 atom stereocenters. The second-order valence-electron chi connectivity index (χ2n) is 5.81. The predicted molar refractivity (Wildman–Crippen MR) is 97.4 cm³/mol. The molecule has 1 unspecified atom stereocenters. The standard InChI is InChI=1S/C18H21N3O3S/c22-17(16-7-2-8-24-16)21-14-5-1-4-13(10-14)11-19-18(23)20-12-15-6-3-9-25-15/h1,3-6,9-10,16H,2,7-8,11-12H2,(H,21,22)(H2,19,20,23). The maximum atomic E-state index is 12.1. The first-order valence-corrected chi connectivity index (χ1v) is 9.14. The molecule has 7 heteroatoms. The van der Waals surface area contributed by atoms with Crippen LogP contribution in [0.4, 0.5) is 10.5 Å². The fraction of sp³-hybridized carbons (Fsp3) is 0.333. The number of thiophene rings is 1. The summed E-state index contributed by atoms with van der Waals surface area (Å²) in [5, 5.41) is 10.5. The third kappa shape index (κ3) is 5.30. The lowest BCUT2D eigenvalue weighted by Gasteiger charge is -2.12. The fourth-order valence-electron chi connectivity index (χ4n) is 2.59. The highest BCUT2D eigenvalue weighted by Gasteiger charge is 2.23. The van der Waals surface area contributed by atoms with Gasteiger partial charge in [0, 0.05) is 23.7 Å². The molecule has 25 heavy (non-hydrogen) atoms. The number of hydrogen-bond acceptors (Lipinski definition) is 4. The Labute approximate surface area is 150 Å². The number of carbonyl (C=O) groups is 2. The summed E-state index contributed by atoms with van der Waals surface area (Å²) in [6.07, 6.45) is 1.32. The number of ether oxygens (including phenoxy) is 1. The van der Waals surface area contributed by atoms with E-state index in [1.807, 2.05) is 41.8 Å². The topological polar surface area (TPSA) is 79.5 Å². The van der Waals surface area contributed by atoms with Crippen LogP contribution in [0, 0.1) is 0 Å². The molecule has 1 aliphatic rings. The van der Waals surface area contributed by atoms with Crippen molar-refractivity contribution in [3.05, 3.63) is 52.2 Å². The van der Waals surface area contributed by atoms with Gasteiger partial charge in [0.25, 0.3) is 5.91 Å². The van der Waals surface area contributed by atoms with Crippen molar-refractivity contribution in [1.29, 1.82) is 0 Å². The van der Waals surface area contributed by atoms with Gasteiger partial charge in [0.15, 0.2) is 0 Å². The average molecular weight is 359 g/mol. The van der Waals surface area contributed by atoms with Crippen LogP contribution in [0.3, 0.4) is 0 Å². The Hall–Kier alpha value is -2.38. The van der Waals surface area contributed by atoms with E-state index < -0.39 is 0 Å². The summed E-state index contributed by atoms with van der Waals surface area (Å²) >= 11 is 1.60. The molecule has 0 aliphatic carbocycles. The van der Waals surface area contributed by atoms with Gasteiger partial charge in [-0.25, -0.2) is 4.79 Å². The van der Waals surface area contributed by atoms with E-state index in [0.717, 1.165) is 23.3 Å². The lowest BCUT2D eigenvalue weighted by Crippen LogP contribution is -2.34. The van der Waals surface area contributed by atoms with Gasteiger partial charge in [0.1, 0.15) is 6.10 Å². The summed E-state index contributed by atoms with van der Waals surface area (Å²) in [5.74, 6) is -0.115. The van der Waals surface area contributed by atoms with E-state index in [9.17, 15) is 9.59 Å². The van der Waals surface area contributed by atoms with Crippen LogP contribution in [-0.2, 0) is 22.6 Å². The van der Waals surface area contributed by atoms with E-state index in [1.165, 1.54) is 0 Å². The third-order valence-electron chi connectivity index (χ3n) is 3.87. The second kappa shape index (κ2) is 8.64. The van der Waals surface area contributed by atoms with Gasteiger partial charge in [-0.2, -0.15) is 0 Å². The molecular formula is C18H21N3O3S. The largest absolute Gasteiger partial charge is 0.368 e. The second-order valence-corrected chi connectivity index (χ2v) is 6.84. The van der Waals surface area contributed by atoms with Crippen LogP contribution in [0.25, 0.3) is 0 Å². The number of hydrogen-bond donors (Lipinski definition) is 3. The van der Waals surface area contributed by atoms with Crippen molar-refractivity contribution >= 4 is 29.0 Å². The monoisotopic (exact) mass is 359 g/mol. The average Bonchev–Trinajstić information content (AvgIpc) is 3.32. The van der Waals surface area contributed by atoms with Gasteiger partial charge in [-0.15, -0.1) is 11.3 Å². The first-order valence-electron chi connectivity index (χ1n) is 8.26. The Bertz CT molecular complexity index is 712. The van der Waals surface area contributed by atoms with Gasteiger partial charge in [-0.1, -0.05) is 18.2 Å². The molecule has 132 valence electrons. The van der Waals surface area contributed by atoms with Crippen molar-refractivity contribution in [3.63, 3.8) is 0 Å². The number of carbonyl (C=O) groups excluding carboxylic acids is 2. The molecule has 3 rings (SSSR count). The molecule has 3 amide bonds. The molecule has 1 fully saturated rings. The lowest BCUT2D eigenvalue weighted by molar-refractivity contribution is -0.124. The van der Waals surface area contributed by atoms with E-state index in [0.29, 0.717) is 25.4 Å². The van der Waals surface area contributed by atoms with Crippen molar-refractivity contribution in [2.24, 2.45) is 0 Å². The number of rotatable bonds is 6. The summed E-state index contributed by atoms with van der Waals surface area (Å²) in [7, 11) is 0. The van der Waals surface area contributed by atoms with E-state index >= 15 is 0 Å². The molecule has 6 nitrogen and oxygen atoms in total. The maximum absolute atomic E-state index is 12.1. The smallest absolute Gasteiger partial charge is 0.315 e. The minimum atomic E-state index is -0.357. The zero-order valence-electron chi connectivity index (χ0n) is 13.8. The van der Waals surface area contributed by atoms with Gasteiger partial charge >= 0.3 is 6.03 Å². The minimum Gasteiger partial charge on any atom is -0.368 e. The zero-order valence-corrected chi connectivity index (χ0v) is 14.6. The van der Waals surface area contributed by atoms with Gasteiger partial charge in [-0.05, 0) is 42.0 Å². The summed E-state index contributed by atoms with van der Waals surface area (Å²) in [4.78, 5) is 25.0. The molecule has 3 N–H and O–H groups in total. The highest BCUT2D eigenvalue weighted by Crippen LogP contribution is 2.16. The Morgan fingerprint density at radius 3 is 2.80 bits per heavy atom. The molecule has 0 saturated carbocycles. The number of urea groups is 1. The normalized spacial score (nSPS) is 16.4. The van der Waals surface area contributed by atoms with E-state index in [1.54, 1.807) is 11.3 Å². The molecule has 0 bridgehead atoms. The van der Waals surface area contributed by atoms with Crippen LogP contribution in [0.2, 0.25) is 0 Å². The minimum absolute atomic E-state index is 0.115. The molecule has 2 heterocycles. The predicted octanol–water partition coefficient (Wildman–Crippen LogP) is 2.87. The van der Waals surface area contributed by atoms with Crippen molar-refractivity contribution in [2.75, 3.05) is 11.9 Å². The van der Waals surface area contributed by atoms with E-state index in [4.69, 9.17) is 4.74 Å². The number of amides is 3. The first kappa shape index (κ1) is 17.4. The van der Waals surface area contributed by atoms with Crippen LogP contribution in [0.5, 0.6) is 0 Å². The summed E-state index contributed by atoms with van der Waals surface area (Å²) in [6, 6.07) is 11.1. The maximum Gasteiger partial charge on any atom is 0.315 e. The SMILES string of the molecule is O=C(NCc1cccc(NC(=O)C2CCCO2)c1)NCc1cccs1. The van der Waals surface area contributed by atoms with Crippen molar-refractivity contribution in [1.82, 2.24) is 10.6 Å². The number of benzene rings is 1. The number of nitrogens with one attached hydrogen (secondary N) is 3. The Morgan fingerprint density at radius 1 is 1.16 bits per heavy atom. The zero-order chi connectivity index (χ0) is 17.5. The molecule has 1 saturated heterocycles. The van der Waals surface area contributed by atoms with Crippen LogP contribution >= 0.6 is 11.3 Å². The van der Waals surface area contributed by atoms with Gasteiger partial charge in [0.2, 0.25) is 0 Å². The third-order valence-corrected chi connectivity index (χ3v) is 4.75. The summed E-state index contributed by atoms with van der Waals surface area (Å²) < 4.78 is 5.38. The summed E-state index contributed by atoms with van der Waals surface area (Å²) in [5.41, 5.74) is 1.62. The molecule has 1 aromatic heterocycles.